The van der Waals surface area contributed by atoms with E-state index in [1.54, 1.807) is 12.6 Å². The van der Waals surface area contributed by atoms with Crippen LogP contribution in [0.15, 0.2) is 10.9 Å². The number of carbonyl (C=O) groups is 1. The van der Waals surface area contributed by atoms with Crippen LogP contribution in [0.4, 0.5) is 4.79 Å². The Kier molecular flexibility index (Phi) is 3.04. The highest BCUT2D eigenvalue weighted by Gasteiger charge is 2.08. The smallest absolute Gasteiger partial charge is 0.409 e. The van der Waals surface area contributed by atoms with Gasteiger partial charge in [0.1, 0.15) is 0 Å². The van der Waals surface area contributed by atoms with Gasteiger partial charge in [0.15, 0.2) is 0 Å². The molecule has 1 heterocycles. The van der Waals surface area contributed by atoms with Crippen molar-refractivity contribution < 1.29 is 9.53 Å². The molecule has 0 saturated heterocycles. The highest BCUT2D eigenvalue weighted by atomic mass is 32.1. The molecule has 1 amide bonds. The van der Waals surface area contributed by atoms with Crippen LogP contribution in [0.2, 0.25) is 0 Å². The second kappa shape index (κ2) is 4.06. The van der Waals surface area contributed by atoms with Crippen LogP contribution in [-0.2, 0) is 11.3 Å². The summed E-state index contributed by atoms with van der Waals surface area (Å²) in [6, 6.07) is 0. The Balaban J connectivity index is 2.47. The molecule has 0 N–H and O–H groups in total. The van der Waals surface area contributed by atoms with Gasteiger partial charge in [-0.3, -0.25) is 0 Å². The van der Waals surface area contributed by atoms with Gasteiger partial charge < -0.3 is 9.64 Å². The lowest BCUT2D eigenvalue weighted by molar-refractivity contribution is 0.131. The number of methoxy groups -OCH3 is 1. The van der Waals surface area contributed by atoms with Crippen LogP contribution in [-0.4, -0.2) is 30.1 Å². The molecule has 0 aromatic carbocycles. The van der Waals surface area contributed by atoms with Crippen molar-refractivity contribution in [3.05, 3.63) is 16.6 Å². The summed E-state index contributed by atoms with van der Waals surface area (Å²) in [5.41, 5.74) is 2.62. The van der Waals surface area contributed by atoms with Gasteiger partial charge in [-0.25, -0.2) is 9.78 Å². The van der Waals surface area contributed by atoms with Gasteiger partial charge in [0.2, 0.25) is 0 Å². The average molecular weight is 186 g/mol. The molecular weight excluding hydrogens is 176 g/mol. The molecule has 0 atom stereocenters. The molecule has 1 aromatic heterocycles. The Morgan fingerprint density at radius 1 is 1.83 bits per heavy atom. The summed E-state index contributed by atoms with van der Waals surface area (Å²) >= 11 is 1.51. The first-order valence-electron chi connectivity index (χ1n) is 3.40. The summed E-state index contributed by atoms with van der Waals surface area (Å²) < 4.78 is 4.52. The average Bonchev–Trinajstić information content (AvgIpc) is 2.55. The normalized spacial score (nSPS) is 9.50. The van der Waals surface area contributed by atoms with E-state index in [4.69, 9.17) is 0 Å². The Hall–Kier alpha value is -1.10. The van der Waals surface area contributed by atoms with Crippen molar-refractivity contribution in [1.29, 1.82) is 0 Å². The molecule has 1 aromatic rings. The molecule has 0 saturated carbocycles. The van der Waals surface area contributed by atoms with E-state index >= 15 is 0 Å². The fourth-order valence-corrected chi connectivity index (χ4v) is 1.33. The molecule has 12 heavy (non-hydrogen) atoms. The summed E-state index contributed by atoms with van der Waals surface area (Å²) in [5.74, 6) is 0. The van der Waals surface area contributed by atoms with Crippen LogP contribution in [0.5, 0.6) is 0 Å². The van der Waals surface area contributed by atoms with E-state index < -0.39 is 0 Å². The molecule has 0 bridgehead atoms. The largest absolute Gasteiger partial charge is 0.453 e. The molecule has 0 spiro atoms. The molecule has 0 fully saturated rings. The summed E-state index contributed by atoms with van der Waals surface area (Å²) in [7, 11) is 3.03. The van der Waals surface area contributed by atoms with Gasteiger partial charge in [-0.1, -0.05) is 0 Å². The van der Waals surface area contributed by atoms with Crippen molar-refractivity contribution in [1.82, 2.24) is 9.88 Å². The van der Waals surface area contributed by atoms with Crippen LogP contribution >= 0.6 is 11.3 Å². The maximum Gasteiger partial charge on any atom is 0.409 e. The highest BCUT2D eigenvalue weighted by molar-refractivity contribution is 7.07. The minimum absolute atomic E-state index is 0.344. The monoisotopic (exact) mass is 186 g/mol. The van der Waals surface area contributed by atoms with Gasteiger partial charge in [-0.05, 0) is 0 Å². The zero-order chi connectivity index (χ0) is 8.97. The fraction of sp³-hybridized carbons (Fsp3) is 0.429. The van der Waals surface area contributed by atoms with E-state index in [9.17, 15) is 4.79 Å². The quantitative estimate of drug-likeness (QED) is 0.700. The number of amides is 1. The molecule has 4 nitrogen and oxygen atoms in total. The minimum atomic E-state index is -0.344. The summed E-state index contributed by atoms with van der Waals surface area (Å²) in [4.78, 5) is 16.4. The van der Waals surface area contributed by atoms with Crippen molar-refractivity contribution >= 4 is 17.4 Å². The van der Waals surface area contributed by atoms with Crippen LogP contribution < -0.4 is 0 Å². The second-order valence-corrected chi connectivity index (χ2v) is 3.02. The first-order valence-corrected chi connectivity index (χ1v) is 4.34. The lowest BCUT2D eigenvalue weighted by atomic mass is 10.5. The maximum atomic E-state index is 10.9. The summed E-state index contributed by atoms with van der Waals surface area (Å²) in [6.45, 7) is 0.496. The van der Waals surface area contributed by atoms with Crippen molar-refractivity contribution in [3.8, 4) is 0 Å². The van der Waals surface area contributed by atoms with E-state index in [-0.39, 0.29) is 6.09 Å². The molecule has 1 rings (SSSR count). The van der Waals surface area contributed by atoms with Gasteiger partial charge in [0.25, 0.3) is 0 Å². The molecule has 0 aliphatic heterocycles. The topological polar surface area (TPSA) is 42.4 Å². The summed E-state index contributed by atoms with van der Waals surface area (Å²) in [5, 5.41) is 1.90. The lowest BCUT2D eigenvalue weighted by Crippen LogP contribution is -2.25. The highest BCUT2D eigenvalue weighted by Crippen LogP contribution is 2.04. The third-order valence-corrected chi connectivity index (χ3v) is 2.00. The van der Waals surface area contributed by atoms with Crippen LogP contribution in [0.25, 0.3) is 0 Å². The summed E-state index contributed by atoms with van der Waals surface area (Å²) in [6.07, 6.45) is -0.344. The van der Waals surface area contributed by atoms with E-state index in [1.165, 1.54) is 23.3 Å². The van der Waals surface area contributed by atoms with Crippen LogP contribution in [0, 0.1) is 0 Å². The van der Waals surface area contributed by atoms with E-state index in [1.807, 2.05) is 5.38 Å². The molecular formula is C7H10N2O2S. The standard InChI is InChI=1S/C7H10N2O2S/c1-9(7(10)11-2)3-6-4-12-5-8-6/h4-5H,3H2,1-2H3. The number of carbonyl (C=O) groups excluding carboxylic acids is 1. The minimum Gasteiger partial charge on any atom is -0.453 e. The molecule has 0 aliphatic carbocycles. The fourth-order valence-electron chi connectivity index (χ4n) is 0.779. The zero-order valence-corrected chi connectivity index (χ0v) is 7.80. The third kappa shape index (κ3) is 2.20. The SMILES string of the molecule is COC(=O)N(C)Cc1cscn1. The number of hydrogen-bond donors (Lipinski definition) is 0. The molecule has 5 heteroatoms. The molecule has 0 aliphatic rings. The van der Waals surface area contributed by atoms with Crippen molar-refractivity contribution in [2.45, 2.75) is 6.54 Å². The Morgan fingerprint density at radius 2 is 2.58 bits per heavy atom. The number of rotatable bonds is 2. The Bertz CT molecular complexity index is 248. The third-order valence-electron chi connectivity index (χ3n) is 1.37. The molecule has 0 unspecified atom stereocenters. The lowest BCUT2D eigenvalue weighted by Gasteiger charge is -2.13. The van der Waals surface area contributed by atoms with E-state index in [0.717, 1.165) is 5.69 Å². The number of thiazole rings is 1. The van der Waals surface area contributed by atoms with Gasteiger partial charge in [0.05, 0.1) is 24.9 Å². The van der Waals surface area contributed by atoms with Gasteiger partial charge in [-0.2, -0.15) is 0 Å². The predicted molar refractivity (Wildman–Crippen MR) is 46.0 cm³/mol. The number of hydrogen-bond acceptors (Lipinski definition) is 4. The van der Waals surface area contributed by atoms with E-state index in [0.29, 0.717) is 6.54 Å². The number of aromatic nitrogens is 1. The van der Waals surface area contributed by atoms with Crippen molar-refractivity contribution in [2.24, 2.45) is 0 Å². The first kappa shape index (κ1) is 8.99. The van der Waals surface area contributed by atoms with Gasteiger partial charge >= 0.3 is 6.09 Å². The molecule has 66 valence electrons. The first-order chi connectivity index (χ1) is 5.74. The predicted octanol–water partition coefficient (Wildman–Crippen LogP) is 1.34. The van der Waals surface area contributed by atoms with Crippen molar-refractivity contribution in [2.75, 3.05) is 14.2 Å². The maximum absolute atomic E-state index is 10.9. The second-order valence-electron chi connectivity index (χ2n) is 2.31. The van der Waals surface area contributed by atoms with Crippen LogP contribution in [0.1, 0.15) is 5.69 Å². The van der Waals surface area contributed by atoms with Crippen molar-refractivity contribution in [3.63, 3.8) is 0 Å². The molecule has 0 radical (unpaired) electrons. The Labute approximate surface area is 74.8 Å². The van der Waals surface area contributed by atoms with Gasteiger partial charge in [0, 0.05) is 12.4 Å². The van der Waals surface area contributed by atoms with E-state index in [2.05, 4.69) is 9.72 Å². The number of ether oxygens (including phenoxy) is 1. The van der Waals surface area contributed by atoms with Gasteiger partial charge in [-0.15, -0.1) is 11.3 Å². The number of nitrogens with zero attached hydrogens (tertiary/aromatic N) is 2. The van der Waals surface area contributed by atoms with Crippen LogP contribution in [0.3, 0.4) is 0 Å². The zero-order valence-electron chi connectivity index (χ0n) is 6.98. The Morgan fingerprint density at radius 3 is 3.08 bits per heavy atom.